The number of hydrazine groups is 1. The number of carbonyl (C=O) groups is 2. The molecular weight excluding hydrogens is 380 g/mol. The number of amides is 2. The van der Waals surface area contributed by atoms with Gasteiger partial charge in [-0.1, -0.05) is 16.8 Å². The highest BCUT2D eigenvalue weighted by Gasteiger charge is 2.16. The highest BCUT2D eigenvalue weighted by Crippen LogP contribution is 2.11. The summed E-state index contributed by atoms with van der Waals surface area (Å²) >= 11 is 5.74. The molecule has 0 saturated carbocycles. The van der Waals surface area contributed by atoms with E-state index < -0.39 is 16.7 Å². The van der Waals surface area contributed by atoms with Crippen LogP contribution in [0.3, 0.4) is 0 Å². The fourth-order valence-electron chi connectivity index (χ4n) is 2.04. The smallest absolute Gasteiger partial charge is 0.307 e. The van der Waals surface area contributed by atoms with Gasteiger partial charge in [0.2, 0.25) is 0 Å². The van der Waals surface area contributed by atoms with E-state index in [2.05, 4.69) is 21.1 Å². The summed E-state index contributed by atoms with van der Waals surface area (Å²) in [7, 11) is 0. The normalized spacial score (nSPS) is 10.4. The van der Waals surface area contributed by atoms with Crippen molar-refractivity contribution >= 4 is 29.1 Å². The Labute approximate surface area is 156 Å². The van der Waals surface area contributed by atoms with Gasteiger partial charge in [0.25, 0.3) is 11.8 Å². The molecule has 0 aliphatic carbocycles. The second-order valence-corrected chi connectivity index (χ2v) is 5.68. The monoisotopic (exact) mass is 390 g/mol. The molecule has 3 rings (SSSR count). The quantitative estimate of drug-likeness (QED) is 0.496. The number of hydrogen-bond donors (Lipinski definition) is 2. The van der Waals surface area contributed by atoms with Crippen molar-refractivity contribution in [1.29, 1.82) is 0 Å². The Morgan fingerprint density at radius 3 is 2.59 bits per heavy atom. The summed E-state index contributed by atoms with van der Waals surface area (Å²) in [4.78, 5) is 34.0. The molecule has 0 spiro atoms. The van der Waals surface area contributed by atoms with E-state index in [9.17, 15) is 19.7 Å². The number of rotatable bonds is 5. The van der Waals surface area contributed by atoms with Crippen LogP contribution in [0.1, 0.15) is 26.6 Å². The van der Waals surface area contributed by atoms with E-state index in [1.807, 2.05) is 0 Å². The number of nitro groups is 1. The number of hydrogen-bond acceptors (Lipinski definition) is 7. The number of nitrogens with one attached hydrogen (secondary N) is 2. The number of halogens is 1. The predicted octanol–water partition coefficient (Wildman–Crippen LogP) is 1.56. The van der Waals surface area contributed by atoms with Gasteiger partial charge in [-0.05, 0) is 24.3 Å². The van der Waals surface area contributed by atoms with E-state index in [1.165, 1.54) is 29.1 Å². The molecule has 2 heterocycles. The van der Waals surface area contributed by atoms with Crippen molar-refractivity contribution in [2.75, 3.05) is 0 Å². The molecule has 0 unspecified atom stereocenters. The molecule has 0 saturated heterocycles. The maximum Gasteiger partial charge on any atom is 0.307 e. The van der Waals surface area contributed by atoms with Crippen molar-refractivity contribution in [2.24, 2.45) is 0 Å². The molecule has 138 valence electrons. The molecule has 0 bridgehead atoms. The van der Waals surface area contributed by atoms with E-state index in [0.717, 1.165) is 6.20 Å². The fraction of sp³-hybridized carbons (Fsp3) is 0.0667. The van der Waals surface area contributed by atoms with Gasteiger partial charge in [-0.25, -0.2) is 0 Å². The highest BCUT2D eigenvalue weighted by atomic mass is 35.5. The average molecular weight is 391 g/mol. The Bertz CT molecular complexity index is 996. The average Bonchev–Trinajstić information content (AvgIpc) is 3.30. The summed E-state index contributed by atoms with van der Waals surface area (Å²) in [5.74, 6) is -0.978. The lowest BCUT2D eigenvalue weighted by Crippen LogP contribution is -2.41. The lowest BCUT2D eigenvalue weighted by atomic mass is 10.2. The lowest BCUT2D eigenvalue weighted by molar-refractivity contribution is -0.385. The van der Waals surface area contributed by atoms with Crippen LogP contribution in [-0.2, 0) is 6.54 Å². The maximum atomic E-state index is 12.0. The van der Waals surface area contributed by atoms with Crippen molar-refractivity contribution in [1.82, 2.24) is 25.8 Å². The number of benzene rings is 1. The first-order chi connectivity index (χ1) is 12.9. The maximum absolute atomic E-state index is 12.0. The van der Waals surface area contributed by atoms with Crippen LogP contribution in [0, 0.1) is 10.1 Å². The van der Waals surface area contributed by atoms with Crippen LogP contribution in [0.15, 0.2) is 47.2 Å². The second kappa shape index (κ2) is 7.66. The molecule has 0 fully saturated rings. The minimum Gasteiger partial charge on any atom is -0.359 e. The minimum atomic E-state index is -0.696. The number of aromatic nitrogens is 3. The van der Waals surface area contributed by atoms with Crippen molar-refractivity contribution < 1.29 is 19.0 Å². The molecule has 2 amide bonds. The molecule has 1 aromatic carbocycles. The standard InChI is InChI=1S/C15H11ClN6O5/c16-10-3-1-9(2-4-10)14(23)18-19-15(24)13-5-12(27-20-13)8-21-7-11(6-17-21)22(25)26/h1-7H,8H2,(H,18,23)(H,19,24). The Kier molecular flexibility index (Phi) is 5.13. The lowest BCUT2D eigenvalue weighted by Gasteiger charge is -2.05. The van der Waals surface area contributed by atoms with Gasteiger partial charge in [0, 0.05) is 16.7 Å². The number of nitrogens with zero attached hydrogens (tertiary/aromatic N) is 4. The van der Waals surface area contributed by atoms with Gasteiger partial charge in [-0.2, -0.15) is 5.10 Å². The molecule has 0 radical (unpaired) electrons. The van der Waals surface area contributed by atoms with Crippen LogP contribution in [0.25, 0.3) is 0 Å². The molecule has 2 aromatic heterocycles. The topological polar surface area (TPSA) is 145 Å². The molecule has 27 heavy (non-hydrogen) atoms. The summed E-state index contributed by atoms with van der Waals surface area (Å²) in [5.41, 5.74) is 4.49. The summed E-state index contributed by atoms with van der Waals surface area (Å²) in [6.45, 7) is 0.0469. The molecule has 0 aliphatic heterocycles. The molecule has 0 atom stereocenters. The van der Waals surface area contributed by atoms with Crippen LogP contribution in [0.4, 0.5) is 5.69 Å². The summed E-state index contributed by atoms with van der Waals surface area (Å²) < 4.78 is 6.26. The van der Waals surface area contributed by atoms with Gasteiger partial charge in [-0.15, -0.1) is 0 Å². The van der Waals surface area contributed by atoms with Crippen LogP contribution >= 0.6 is 11.6 Å². The fourth-order valence-corrected chi connectivity index (χ4v) is 2.16. The molecular formula is C15H11ClN6O5. The first kappa shape index (κ1) is 18.1. The third-order valence-corrected chi connectivity index (χ3v) is 3.59. The zero-order valence-corrected chi connectivity index (χ0v) is 14.2. The Balaban J connectivity index is 1.57. The Morgan fingerprint density at radius 1 is 1.22 bits per heavy atom. The Hall–Kier alpha value is -3.73. The van der Waals surface area contributed by atoms with E-state index in [-0.39, 0.29) is 23.7 Å². The van der Waals surface area contributed by atoms with E-state index in [0.29, 0.717) is 10.6 Å². The van der Waals surface area contributed by atoms with E-state index in [1.54, 1.807) is 12.1 Å². The third-order valence-electron chi connectivity index (χ3n) is 3.34. The molecule has 0 aliphatic rings. The molecule has 2 N–H and O–H groups in total. The van der Waals surface area contributed by atoms with Gasteiger partial charge in [0.15, 0.2) is 11.5 Å². The first-order valence-corrected chi connectivity index (χ1v) is 7.79. The molecule has 3 aromatic rings. The van der Waals surface area contributed by atoms with Crippen LogP contribution in [-0.4, -0.2) is 31.7 Å². The zero-order valence-electron chi connectivity index (χ0n) is 13.5. The second-order valence-electron chi connectivity index (χ2n) is 5.25. The van der Waals surface area contributed by atoms with Gasteiger partial charge in [0.1, 0.15) is 18.9 Å². The van der Waals surface area contributed by atoms with Crippen LogP contribution in [0.5, 0.6) is 0 Å². The van der Waals surface area contributed by atoms with Gasteiger partial charge < -0.3 is 4.52 Å². The third kappa shape index (κ3) is 4.46. The largest absolute Gasteiger partial charge is 0.359 e. The summed E-state index contributed by atoms with van der Waals surface area (Å²) in [5, 5.41) is 18.5. The molecule has 12 heteroatoms. The van der Waals surface area contributed by atoms with Crippen molar-refractivity contribution in [3.63, 3.8) is 0 Å². The number of carbonyl (C=O) groups excluding carboxylic acids is 2. The van der Waals surface area contributed by atoms with Crippen molar-refractivity contribution in [3.05, 3.63) is 74.9 Å². The molecule has 11 nitrogen and oxygen atoms in total. The van der Waals surface area contributed by atoms with Gasteiger partial charge >= 0.3 is 5.69 Å². The minimum absolute atomic E-state index is 0.0469. The van der Waals surface area contributed by atoms with Crippen LogP contribution in [0.2, 0.25) is 5.02 Å². The van der Waals surface area contributed by atoms with Gasteiger partial charge in [0.05, 0.1) is 4.92 Å². The highest BCUT2D eigenvalue weighted by molar-refractivity contribution is 6.30. The first-order valence-electron chi connectivity index (χ1n) is 7.41. The van der Waals surface area contributed by atoms with Crippen molar-refractivity contribution in [3.8, 4) is 0 Å². The summed E-state index contributed by atoms with van der Waals surface area (Å²) in [6, 6.07) is 7.42. The van der Waals surface area contributed by atoms with Crippen LogP contribution < -0.4 is 10.9 Å². The van der Waals surface area contributed by atoms with Crippen molar-refractivity contribution in [2.45, 2.75) is 6.54 Å². The van der Waals surface area contributed by atoms with Gasteiger partial charge in [-0.3, -0.25) is 35.2 Å². The summed E-state index contributed by atoms with van der Waals surface area (Å²) in [6.07, 6.45) is 2.31. The zero-order chi connectivity index (χ0) is 19.4. The Morgan fingerprint density at radius 2 is 1.93 bits per heavy atom. The van der Waals surface area contributed by atoms with E-state index >= 15 is 0 Å². The predicted molar refractivity (Wildman–Crippen MR) is 90.9 cm³/mol. The van der Waals surface area contributed by atoms with E-state index in [4.69, 9.17) is 16.1 Å². The SMILES string of the molecule is O=C(NNC(=O)c1cc(Cn2cc([N+](=O)[O-])cn2)on1)c1ccc(Cl)cc1.